The van der Waals surface area contributed by atoms with Gasteiger partial charge in [0.2, 0.25) is 0 Å². The Morgan fingerprint density at radius 2 is 2.00 bits per heavy atom. The Bertz CT molecular complexity index is 469. The van der Waals surface area contributed by atoms with E-state index in [2.05, 4.69) is 10.2 Å². The fraction of sp³-hybridized carbons (Fsp3) is 0.333. The number of rotatable bonds is 1. The summed E-state index contributed by atoms with van der Waals surface area (Å²) in [5.74, 6) is 0. The Morgan fingerprint density at radius 1 is 1.29 bits per heavy atom. The summed E-state index contributed by atoms with van der Waals surface area (Å²) < 4.78 is 3.49. The van der Waals surface area contributed by atoms with E-state index in [4.69, 9.17) is 11.6 Å². The van der Waals surface area contributed by atoms with Crippen LogP contribution < -0.4 is 0 Å². The van der Waals surface area contributed by atoms with Gasteiger partial charge in [-0.05, 0) is 13.0 Å². The molecule has 0 aromatic carbocycles. The lowest BCUT2D eigenvalue weighted by molar-refractivity contribution is 0.737. The Balaban J connectivity index is 2.57. The van der Waals surface area contributed by atoms with Crippen LogP contribution in [0.25, 0.3) is 11.4 Å². The van der Waals surface area contributed by atoms with Gasteiger partial charge in [-0.1, -0.05) is 11.6 Å². The maximum Gasteiger partial charge on any atom is 0.131 e. The molecule has 0 radical (unpaired) electrons. The summed E-state index contributed by atoms with van der Waals surface area (Å²) >= 11 is 6.13. The molecule has 0 aliphatic rings. The number of hydrogen-bond acceptors (Lipinski definition) is 2. The fourth-order valence-electron chi connectivity index (χ4n) is 1.29. The minimum absolute atomic E-state index is 0.672. The maximum absolute atomic E-state index is 6.13. The molecule has 0 amide bonds. The first kappa shape index (κ1) is 9.27. The van der Waals surface area contributed by atoms with Gasteiger partial charge < -0.3 is 0 Å². The van der Waals surface area contributed by atoms with Crippen LogP contribution in [0.5, 0.6) is 0 Å². The van der Waals surface area contributed by atoms with Crippen LogP contribution in [0.4, 0.5) is 0 Å². The number of aryl methyl sites for hydroxylation is 2. The summed E-state index contributed by atoms with van der Waals surface area (Å²) in [6.45, 7) is 1.93. The Labute approximate surface area is 87.1 Å². The van der Waals surface area contributed by atoms with Crippen molar-refractivity contribution in [2.45, 2.75) is 6.92 Å². The summed E-state index contributed by atoms with van der Waals surface area (Å²) in [5.41, 5.74) is 2.50. The van der Waals surface area contributed by atoms with E-state index in [9.17, 15) is 0 Å². The van der Waals surface area contributed by atoms with Gasteiger partial charge in [0.1, 0.15) is 11.4 Å². The molecule has 4 nitrogen and oxygen atoms in total. The molecule has 0 saturated carbocycles. The normalized spacial score (nSPS) is 10.9. The monoisotopic (exact) mass is 210 g/mol. The van der Waals surface area contributed by atoms with E-state index in [1.54, 1.807) is 9.36 Å². The maximum atomic E-state index is 6.13. The summed E-state index contributed by atoms with van der Waals surface area (Å²) in [6.07, 6.45) is 1.87. The van der Waals surface area contributed by atoms with E-state index in [0.717, 1.165) is 17.1 Å². The second kappa shape index (κ2) is 3.13. The molecule has 0 bridgehead atoms. The molecule has 0 saturated heterocycles. The first-order valence-corrected chi connectivity index (χ1v) is 4.66. The van der Waals surface area contributed by atoms with Gasteiger partial charge in [0.05, 0.1) is 10.7 Å². The smallest absolute Gasteiger partial charge is 0.131 e. The summed E-state index contributed by atoms with van der Waals surface area (Å²) in [6, 6.07) is 1.90. The lowest BCUT2D eigenvalue weighted by Crippen LogP contribution is -1.93. The molecular weight excluding hydrogens is 200 g/mol. The van der Waals surface area contributed by atoms with Crippen LogP contribution in [0.1, 0.15) is 5.69 Å². The molecule has 0 N–H and O–H groups in total. The van der Waals surface area contributed by atoms with Crippen molar-refractivity contribution >= 4 is 11.6 Å². The molecule has 74 valence electrons. The van der Waals surface area contributed by atoms with Crippen LogP contribution >= 0.6 is 11.6 Å². The first-order chi connectivity index (χ1) is 6.59. The molecule has 2 aromatic heterocycles. The Morgan fingerprint density at radius 3 is 2.43 bits per heavy atom. The highest BCUT2D eigenvalue weighted by Gasteiger charge is 2.14. The van der Waals surface area contributed by atoms with Gasteiger partial charge in [0, 0.05) is 20.3 Å². The van der Waals surface area contributed by atoms with Crippen molar-refractivity contribution in [1.82, 2.24) is 19.6 Å². The number of nitrogens with zero attached hydrogens (tertiary/aromatic N) is 4. The molecule has 0 unspecified atom stereocenters. The van der Waals surface area contributed by atoms with Crippen molar-refractivity contribution in [3.8, 4) is 11.4 Å². The van der Waals surface area contributed by atoms with Gasteiger partial charge in [-0.15, -0.1) is 0 Å². The van der Waals surface area contributed by atoms with Crippen molar-refractivity contribution in [1.29, 1.82) is 0 Å². The Kier molecular flexibility index (Phi) is 2.07. The van der Waals surface area contributed by atoms with E-state index >= 15 is 0 Å². The number of halogens is 1. The standard InChI is InChI=1S/C9H11ClN4/c1-6-8(10)9(12-14(6)3)7-4-5-13(2)11-7/h4-5H,1-3H3. The minimum atomic E-state index is 0.672. The van der Waals surface area contributed by atoms with Crippen LogP contribution in [0.3, 0.4) is 0 Å². The second-order valence-electron chi connectivity index (χ2n) is 3.25. The predicted octanol–water partition coefficient (Wildman–Crippen LogP) is 1.78. The third-order valence-corrected chi connectivity index (χ3v) is 2.67. The second-order valence-corrected chi connectivity index (χ2v) is 3.62. The van der Waals surface area contributed by atoms with E-state index in [1.165, 1.54) is 0 Å². The van der Waals surface area contributed by atoms with Crippen molar-refractivity contribution in [3.63, 3.8) is 0 Å². The van der Waals surface area contributed by atoms with Gasteiger partial charge >= 0.3 is 0 Å². The van der Waals surface area contributed by atoms with Crippen molar-refractivity contribution in [3.05, 3.63) is 23.0 Å². The third-order valence-electron chi connectivity index (χ3n) is 2.22. The summed E-state index contributed by atoms with van der Waals surface area (Å²) in [7, 11) is 3.74. The van der Waals surface area contributed by atoms with Gasteiger partial charge in [-0.25, -0.2) is 0 Å². The third kappa shape index (κ3) is 1.32. The van der Waals surface area contributed by atoms with Gasteiger partial charge in [0.25, 0.3) is 0 Å². The highest BCUT2D eigenvalue weighted by molar-refractivity contribution is 6.33. The quantitative estimate of drug-likeness (QED) is 0.720. The first-order valence-electron chi connectivity index (χ1n) is 4.28. The van der Waals surface area contributed by atoms with Crippen molar-refractivity contribution < 1.29 is 0 Å². The molecule has 0 aliphatic heterocycles. The zero-order chi connectivity index (χ0) is 10.3. The fourth-order valence-corrected chi connectivity index (χ4v) is 1.54. The lowest BCUT2D eigenvalue weighted by atomic mass is 10.3. The SMILES string of the molecule is Cc1c(Cl)c(-c2ccn(C)n2)nn1C. The predicted molar refractivity (Wildman–Crippen MR) is 55.2 cm³/mol. The molecular formula is C9H11ClN4. The van der Waals surface area contributed by atoms with E-state index < -0.39 is 0 Å². The number of aromatic nitrogens is 4. The van der Waals surface area contributed by atoms with Crippen LogP contribution in [0.2, 0.25) is 5.02 Å². The van der Waals surface area contributed by atoms with Crippen molar-refractivity contribution in [2.24, 2.45) is 14.1 Å². The summed E-state index contributed by atoms with van der Waals surface area (Å²) in [5, 5.41) is 9.23. The van der Waals surface area contributed by atoms with E-state index in [-0.39, 0.29) is 0 Å². The highest BCUT2D eigenvalue weighted by Crippen LogP contribution is 2.27. The van der Waals surface area contributed by atoms with E-state index in [1.807, 2.05) is 33.3 Å². The molecule has 2 rings (SSSR count). The lowest BCUT2D eigenvalue weighted by Gasteiger charge is -1.90. The van der Waals surface area contributed by atoms with Crippen LogP contribution in [-0.4, -0.2) is 19.6 Å². The average molecular weight is 211 g/mol. The van der Waals surface area contributed by atoms with Gasteiger partial charge in [-0.2, -0.15) is 10.2 Å². The molecule has 0 fully saturated rings. The molecule has 2 aromatic rings. The van der Waals surface area contributed by atoms with Crippen LogP contribution in [-0.2, 0) is 14.1 Å². The number of hydrogen-bond donors (Lipinski definition) is 0. The molecule has 14 heavy (non-hydrogen) atoms. The highest BCUT2D eigenvalue weighted by atomic mass is 35.5. The van der Waals surface area contributed by atoms with Gasteiger partial charge in [-0.3, -0.25) is 9.36 Å². The van der Waals surface area contributed by atoms with E-state index in [0.29, 0.717) is 5.02 Å². The van der Waals surface area contributed by atoms with Crippen LogP contribution in [0.15, 0.2) is 12.3 Å². The Hall–Kier alpha value is -1.29. The zero-order valence-corrected chi connectivity index (χ0v) is 9.08. The molecule has 0 aliphatic carbocycles. The average Bonchev–Trinajstić information content (AvgIpc) is 2.66. The topological polar surface area (TPSA) is 35.6 Å². The van der Waals surface area contributed by atoms with Crippen LogP contribution in [0, 0.1) is 6.92 Å². The molecule has 0 spiro atoms. The zero-order valence-electron chi connectivity index (χ0n) is 8.32. The largest absolute Gasteiger partial charge is 0.275 e. The molecule has 0 atom stereocenters. The molecule has 2 heterocycles. The van der Waals surface area contributed by atoms with Gasteiger partial charge in [0.15, 0.2) is 0 Å². The summed E-state index contributed by atoms with van der Waals surface area (Å²) in [4.78, 5) is 0. The minimum Gasteiger partial charge on any atom is -0.275 e. The van der Waals surface area contributed by atoms with Crippen molar-refractivity contribution in [2.75, 3.05) is 0 Å². The molecule has 5 heteroatoms.